The lowest BCUT2D eigenvalue weighted by Gasteiger charge is -2.34. The van der Waals surface area contributed by atoms with E-state index in [9.17, 15) is 8.42 Å². The van der Waals surface area contributed by atoms with Gasteiger partial charge in [0.25, 0.3) is 0 Å². The molecule has 1 saturated heterocycles. The molecule has 1 heterocycles. The molecule has 0 amide bonds. The highest BCUT2D eigenvalue weighted by atomic mass is 35.5. The zero-order valence-electron chi connectivity index (χ0n) is 11.2. The van der Waals surface area contributed by atoms with Crippen LogP contribution in [0.15, 0.2) is 0 Å². The van der Waals surface area contributed by atoms with Crippen LogP contribution < -0.4 is 0 Å². The summed E-state index contributed by atoms with van der Waals surface area (Å²) in [6.07, 6.45) is 1.77. The maximum Gasteiger partial charge on any atom is 0.214 e. The van der Waals surface area contributed by atoms with Crippen molar-refractivity contribution in [2.75, 3.05) is 18.8 Å². The predicted octanol–water partition coefficient (Wildman–Crippen LogP) is 2.70. The van der Waals surface area contributed by atoms with Crippen molar-refractivity contribution in [2.45, 2.75) is 45.9 Å². The minimum Gasteiger partial charge on any atom is -0.212 e. The summed E-state index contributed by atoms with van der Waals surface area (Å²) in [6, 6.07) is 0. The molecule has 0 saturated carbocycles. The van der Waals surface area contributed by atoms with Crippen LogP contribution in [0, 0.1) is 11.3 Å². The molecule has 0 aromatic rings. The standard InChI is InChI=1S/C12H24ClNO2S/c1-10(13)11-5-7-14(8-6-11)17(15,16)9-12(2,3)4/h10-11H,5-9H2,1-4H3. The average molecular weight is 282 g/mol. The van der Waals surface area contributed by atoms with E-state index in [0.29, 0.717) is 19.0 Å². The Labute approximate surface area is 111 Å². The molecule has 0 N–H and O–H groups in total. The fourth-order valence-electron chi connectivity index (χ4n) is 2.25. The van der Waals surface area contributed by atoms with E-state index in [-0.39, 0.29) is 16.5 Å². The Morgan fingerprint density at radius 1 is 1.29 bits per heavy atom. The molecule has 0 spiro atoms. The molecular formula is C12H24ClNO2S. The van der Waals surface area contributed by atoms with Gasteiger partial charge in [0.1, 0.15) is 0 Å². The summed E-state index contributed by atoms with van der Waals surface area (Å²) in [5.74, 6) is 0.680. The first-order valence-electron chi connectivity index (χ1n) is 6.24. The quantitative estimate of drug-likeness (QED) is 0.746. The van der Waals surface area contributed by atoms with Gasteiger partial charge in [0.15, 0.2) is 0 Å². The van der Waals surface area contributed by atoms with Crippen LogP contribution in [0.4, 0.5) is 0 Å². The van der Waals surface area contributed by atoms with Crippen LogP contribution in [0.25, 0.3) is 0 Å². The third-order valence-corrected chi connectivity index (χ3v) is 5.90. The molecule has 1 unspecified atom stereocenters. The number of hydrogen-bond acceptors (Lipinski definition) is 2. The normalized spacial score (nSPS) is 22.6. The lowest BCUT2D eigenvalue weighted by molar-refractivity contribution is 0.268. The highest BCUT2D eigenvalue weighted by Crippen LogP contribution is 2.27. The Morgan fingerprint density at radius 3 is 2.12 bits per heavy atom. The second kappa shape index (κ2) is 5.45. The van der Waals surface area contributed by atoms with Crippen molar-refractivity contribution in [3.8, 4) is 0 Å². The molecule has 1 atom stereocenters. The second-order valence-electron chi connectivity index (χ2n) is 6.23. The molecule has 1 aliphatic rings. The SMILES string of the molecule is CC(Cl)C1CCN(S(=O)(=O)CC(C)(C)C)CC1. The fourth-order valence-corrected chi connectivity index (χ4v) is 4.55. The van der Waals surface area contributed by atoms with Gasteiger partial charge in [-0.1, -0.05) is 20.8 Å². The zero-order chi connectivity index (χ0) is 13.3. The molecule has 0 radical (unpaired) electrons. The monoisotopic (exact) mass is 281 g/mol. The summed E-state index contributed by atoms with van der Waals surface area (Å²) in [4.78, 5) is 0. The van der Waals surface area contributed by atoms with Crippen molar-refractivity contribution in [3.05, 3.63) is 0 Å². The predicted molar refractivity (Wildman–Crippen MR) is 72.9 cm³/mol. The van der Waals surface area contributed by atoms with Crippen LogP contribution >= 0.6 is 11.6 Å². The van der Waals surface area contributed by atoms with Crippen molar-refractivity contribution < 1.29 is 8.42 Å². The van der Waals surface area contributed by atoms with Crippen molar-refractivity contribution in [3.63, 3.8) is 0 Å². The Kier molecular flexibility index (Phi) is 4.89. The first kappa shape index (κ1) is 15.3. The van der Waals surface area contributed by atoms with E-state index in [2.05, 4.69) is 0 Å². The minimum atomic E-state index is -3.10. The second-order valence-corrected chi connectivity index (χ2v) is 8.89. The van der Waals surface area contributed by atoms with Crippen LogP contribution in [0.1, 0.15) is 40.5 Å². The van der Waals surface area contributed by atoms with Crippen LogP contribution in [0.5, 0.6) is 0 Å². The number of halogens is 1. The first-order chi connectivity index (χ1) is 7.62. The number of rotatable bonds is 3. The summed E-state index contributed by atoms with van der Waals surface area (Å²) >= 11 is 6.06. The van der Waals surface area contributed by atoms with Gasteiger partial charge in [-0.25, -0.2) is 12.7 Å². The first-order valence-corrected chi connectivity index (χ1v) is 8.28. The average Bonchev–Trinajstić information content (AvgIpc) is 2.14. The van der Waals surface area contributed by atoms with E-state index in [4.69, 9.17) is 11.6 Å². The molecule has 5 heteroatoms. The number of sulfonamides is 1. The van der Waals surface area contributed by atoms with E-state index in [1.54, 1.807) is 4.31 Å². The molecule has 0 bridgehead atoms. The molecule has 1 rings (SSSR count). The maximum atomic E-state index is 12.2. The third kappa shape index (κ3) is 4.76. The summed E-state index contributed by atoms with van der Waals surface area (Å²) in [5, 5.41) is 0.141. The Balaban J connectivity index is 2.59. The van der Waals surface area contributed by atoms with Crippen LogP contribution in [-0.4, -0.2) is 36.9 Å². The molecule has 0 aliphatic carbocycles. The number of hydrogen-bond donors (Lipinski definition) is 0. The van der Waals surface area contributed by atoms with Crippen LogP contribution in [-0.2, 0) is 10.0 Å². The minimum absolute atomic E-state index is 0.141. The van der Waals surface area contributed by atoms with E-state index < -0.39 is 10.0 Å². The number of nitrogens with zero attached hydrogens (tertiary/aromatic N) is 1. The van der Waals surface area contributed by atoms with E-state index in [0.717, 1.165) is 12.8 Å². The van der Waals surface area contributed by atoms with Gasteiger partial charge in [0, 0.05) is 18.5 Å². The fraction of sp³-hybridized carbons (Fsp3) is 1.00. The topological polar surface area (TPSA) is 37.4 Å². The highest BCUT2D eigenvalue weighted by molar-refractivity contribution is 7.89. The molecule has 17 heavy (non-hydrogen) atoms. The lowest BCUT2D eigenvalue weighted by Crippen LogP contribution is -2.43. The van der Waals surface area contributed by atoms with Gasteiger partial charge in [-0.15, -0.1) is 11.6 Å². The van der Waals surface area contributed by atoms with Crippen molar-refractivity contribution in [1.82, 2.24) is 4.31 Å². The zero-order valence-corrected chi connectivity index (χ0v) is 12.8. The molecule has 3 nitrogen and oxygen atoms in total. The van der Waals surface area contributed by atoms with Gasteiger partial charge in [-0.2, -0.15) is 0 Å². The molecular weight excluding hydrogens is 258 g/mol. The van der Waals surface area contributed by atoms with Gasteiger partial charge in [-0.05, 0) is 31.1 Å². The smallest absolute Gasteiger partial charge is 0.212 e. The van der Waals surface area contributed by atoms with Gasteiger partial charge in [-0.3, -0.25) is 0 Å². The summed E-state index contributed by atoms with van der Waals surface area (Å²) in [5.41, 5.74) is -0.185. The van der Waals surface area contributed by atoms with Crippen molar-refractivity contribution >= 4 is 21.6 Å². The molecule has 1 aliphatic heterocycles. The van der Waals surface area contributed by atoms with E-state index in [1.807, 2.05) is 27.7 Å². The highest BCUT2D eigenvalue weighted by Gasteiger charge is 2.32. The summed E-state index contributed by atoms with van der Waals surface area (Å²) in [7, 11) is -3.10. The number of alkyl halides is 1. The van der Waals surface area contributed by atoms with Gasteiger partial charge >= 0.3 is 0 Å². The third-order valence-electron chi connectivity index (χ3n) is 3.16. The Hall–Kier alpha value is 0.200. The van der Waals surface area contributed by atoms with Crippen molar-refractivity contribution in [2.24, 2.45) is 11.3 Å². The molecule has 0 aromatic carbocycles. The molecule has 0 aromatic heterocycles. The maximum absolute atomic E-state index is 12.2. The van der Waals surface area contributed by atoms with Crippen LogP contribution in [0.3, 0.4) is 0 Å². The lowest BCUT2D eigenvalue weighted by atomic mass is 9.95. The Bertz CT molecular complexity index is 338. The summed E-state index contributed by atoms with van der Waals surface area (Å²) < 4.78 is 26.0. The Morgan fingerprint density at radius 2 is 1.76 bits per heavy atom. The molecule has 102 valence electrons. The molecule has 1 fully saturated rings. The van der Waals surface area contributed by atoms with Gasteiger partial charge in [0.2, 0.25) is 10.0 Å². The van der Waals surface area contributed by atoms with Crippen molar-refractivity contribution in [1.29, 1.82) is 0 Å². The van der Waals surface area contributed by atoms with Crippen LogP contribution in [0.2, 0.25) is 0 Å². The van der Waals surface area contributed by atoms with E-state index in [1.165, 1.54) is 0 Å². The van der Waals surface area contributed by atoms with Gasteiger partial charge < -0.3 is 0 Å². The number of piperidine rings is 1. The van der Waals surface area contributed by atoms with E-state index >= 15 is 0 Å². The largest absolute Gasteiger partial charge is 0.214 e. The summed E-state index contributed by atoms with van der Waals surface area (Å²) in [6.45, 7) is 9.11. The van der Waals surface area contributed by atoms with Gasteiger partial charge in [0.05, 0.1) is 5.75 Å².